The highest BCUT2D eigenvalue weighted by Gasteiger charge is 2.24. The van der Waals surface area contributed by atoms with E-state index in [1.807, 2.05) is 30.3 Å². The summed E-state index contributed by atoms with van der Waals surface area (Å²) in [7, 11) is 4.27. The quantitative estimate of drug-likeness (QED) is 0.560. The van der Waals surface area contributed by atoms with Crippen LogP contribution in [0.2, 0.25) is 0 Å². The molecule has 2 heterocycles. The number of unbranched alkanes of at least 4 members (excludes halogenated alkanes) is 1. The summed E-state index contributed by atoms with van der Waals surface area (Å²) >= 11 is 0. The Hall–Kier alpha value is -2.86. The van der Waals surface area contributed by atoms with Crippen LogP contribution >= 0.6 is 0 Å². The van der Waals surface area contributed by atoms with Crippen molar-refractivity contribution in [3.8, 4) is 11.4 Å². The molecule has 1 aromatic heterocycles. The molecule has 1 aliphatic heterocycles. The van der Waals surface area contributed by atoms with Crippen molar-refractivity contribution in [1.29, 1.82) is 0 Å². The number of hydrogen-bond donors (Lipinski definition) is 0. The molecule has 0 radical (unpaired) electrons. The normalized spacial score (nSPS) is 16.5. The zero-order chi connectivity index (χ0) is 21.1. The van der Waals surface area contributed by atoms with Gasteiger partial charge in [-0.2, -0.15) is 0 Å². The fourth-order valence-electron chi connectivity index (χ4n) is 3.93. The van der Waals surface area contributed by atoms with E-state index in [1.165, 1.54) is 12.1 Å². The average molecular weight is 407 g/mol. The van der Waals surface area contributed by atoms with Gasteiger partial charge < -0.3 is 14.5 Å². The molecule has 0 spiro atoms. The number of rotatable bonds is 7. The number of fused-ring (bicyclic) bond motifs is 1. The molecule has 0 saturated carbocycles. The van der Waals surface area contributed by atoms with Crippen LogP contribution in [0.15, 0.2) is 53.6 Å². The second-order valence-electron chi connectivity index (χ2n) is 8.17. The summed E-state index contributed by atoms with van der Waals surface area (Å²) in [4.78, 5) is 22.2. The maximum atomic E-state index is 13.0. The maximum Gasteiger partial charge on any atom is 0.265 e. The molecule has 1 fully saturated rings. The van der Waals surface area contributed by atoms with Crippen molar-refractivity contribution >= 4 is 16.6 Å². The monoisotopic (exact) mass is 406 g/mol. The number of benzene rings is 2. The number of anilines is 1. The first-order valence-corrected chi connectivity index (χ1v) is 10.7. The van der Waals surface area contributed by atoms with Crippen LogP contribution in [0.1, 0.15) is 26.2 Å². The Labute approximate surface area is 177 Å². The summed E-state index contributed by atoms with van der Waals surface area (Å²) in [6, 6.07) is 14.3. The first-order chi connectivity index (χ1) is 14.6. The van der Waals surface area contributed by atoms with Crippen molar-refractivity contribution in [3.63, 3.8) is 0 Å². The first-order valence-electron chi connectivity index (χ1n) is 10.7. The topological polar surface area (TPSA) is 50.6 Å². The molecule has 3 aromatic rings. The van der Waals surface area contributed by atoms with Crippen LogP contribution in [-0.2, 0) is 0 Å². The third-order valence-corrected chi connectivity index (χ3v) is 5.88. The van der Waals surface area contributed by atoms with Crippen LogP contribution in [0.25, 0.3) is 16.6 Å². The van der Waals surface area contributed by atoms with E-state index in [9.17, 15) is 4.79 Å². The van der Waals surface area contributed by atoms with Crippen LogP contribution < -0.4 is 15.2 Å². The van der Waals surface area contributed by atoms with Crippen molar-refractivity contribution < 1.29 is 4.74 Å². The van der Waals surface area contributed by atoms with Gasteiger partial charge in [-0.15, -0.1) is 0 Å². The van der Waals surface area contributed by atoms with Crippen LogP contribution in [0.4, 0.5) is 5.69 Å². The van der Waals surface area contributed by atoms with Gasteiger partial charge >= 0.3 is 0 Å². The van der Waals surface area contributed by atoms with E-state index in [1.54, 1.807) is 10.9 Å². The molecule has 1 atom stereocenters. The standard InChI is InChI=1S/C24H30N4O2/c1-4-5-14-30-21-10-11-22-23(15-21)25-17-28(24(22)29)19-8-6-18(7-9-19)27-13-12-20(16-27)26(2)3/h6-11,15,17,20H,4-5,12-14,16H2,1-3H3/t20-/m1/s1. The van der Waals surface area contributed by atoms with E-state index in [0.29, 0.717) is 23.6 Å². The first kappa shape index (κ1) is 20.4. The molecule has 158 valence electrons. The molecule has 2 aromatic carbocycles. The van der Waals surface area contributed by atoms with Gasteiger partial charge in [0.25, 0.3) is 5.56 Å². The van der Waals surface area contributed by atoms with E-state index in [-0.39, 0.29) is 5.56 Å². The van der Waals surface area contributed by atoms with Crippen molar-refractivity contribution in [3.05, 3.63) is 59.1 Å². The number of ether oxygens (including phenoxy) is 1. The van der Waals surface area contributed by atoms with Crippen molar-refractivity contribution in [1.82, 2.24) is 14.5 Å². The molecule has 0 unspecified atom stereocenters. The lowest BCUT2D eigenvalue weighted by Gasteiger charge is -2.22. The van der Waals surface area contributed by atoms with E-state index in [2.05, 4.69) is 47.9 Å². The summed E-state index contributed by atoms with van der Waals surface area (Å²) < 4.78 is 7.34. The Morgan fingerprint density at radius 3 is 2.60 bits per heavy atom. The van der Waals surface area contributed by atoms with Gasteiger partial charge in [0.05, 0.1) is 23.2 Å². The fourth-order valence-corrected chi connectivity index (χ4v) is 3.93. The summed E-state index contributed by atoms with van der Waals surface area (Å²) in [5.74, 6) is 0.756. The summed E-state index contributed by atoms with van der Waals surface area (Å²) in [6.45, 7) is 4.90. The number of nitrogens with zero attached hydrogens (tertiary/aromatic N) is 4. The minimum absolute atomic E-state index is 0.0679. The maximum absolute atomic E-state index is 13.0. The summed E-state index contributed by atoms with van der Waals surface area (Å²) in [6.07, 6.45) is 4.87. The summed E-state index contributed by atoms with van der Waals surface area (Å²) in [5, 5.41) is 0.595. The highest BCUT2D eigenvalue weighted by molar-refractivity contribution is 5.79. The lowest BCUT2D eigenvalue weighted by atomic mass is 10.2. The molecule has 6 heteroatoms. The molecule has 6 nitrogen and oxygen atoms in total. The predicted octanol–water partition coefficient (Wildman–Crippen LogP) is 3.70. The highest BCUT2D eigenvalue weighted by atomic mass is 16.5. The van der Waals surface area contributed by atoms with Gasteiger partial charge in [-0.3, -0.25) is 9.36 Å². The van der Waals surface area contributed by atoms with Crippen LogP contribution in [0.3, 0.4) is 0 Å². The van der Waals surface area contributed by atoms with Gasteiger partial charge in [0, 0.05) is 30.9 Å². The largest absolute Gasteiger partial charge is 0.494 e. The Morgan fingerprint density at radius 1 is 1.13 bits per heavy atom. The smallest absolute Gasteiger partial charge is 0.265 e. The van der Waals surface area contributed by atoms with Crippen molar-refractivity contribution in [2.24, 2.45) is 0 Å². The van der Waals surface area contributed by atoms with E-state index in [4.69, 9.17) is 4.74 Å². The van der Waals surface area contributed by atoms with Gasteiger partial charge in [0.15, 0.2) is 0 Å². The van der Waals surface area contributed by atoms with Gasteiger partial charge in [-0.05, 0) is 63.3 Å². The average Bonchev–Trinajstić information content (AvgIpc) is 3.25. The molecule has 0 aliphatic carbocycles. The fraction of sp³-hybridized carbons (Fsp3) is 0.417. The Kier molecular flexibility index (Phi) is 6.04. The second kappa shape index (κ2) is 8.88. The molecule has 0 N–H and O–H groups in total. The lowest BCUT2D eigenvalue weighted by molar-refractivity contribution is 0.310. The van der Waals surface area contributed by atoms with Crippen LogP contribution in [0, 0.1) is 0 Å². The minimum Gasteiger partial charge on any atom is -0.494 e. The number of hydrogen-bond acceptors (Lipinski definition) is 5. The van der Waals surface area contributed by atoms with E-state index in [0.717, 1.165) is 37.4 Å². The molecule has 0 amide bonds. The van der Waals surface area contributed by atoms with Crippen molar-refractivity contribution in [2.45, 2.75) is 32.2 Å². The molecule has 0 bridgehead atoms. The van der Waals surface area contributed by atoms with E-state index >= 15 is 0 Å². The molecule has 4 rings (SSSR count). The molecular weight excluding hydrogens is 376 g/mol. The third-order valence-electron chi connectivity index (χ3n) is 5.88. The van der Waals surface area contributed by atoms with Crippen LogP contribution in [0.5, 0.6) is 5.75 Å². The SMILES string of the molecule is CCCCOc1ccc2c(=O)n(-c3ccc(N4CC[C@@H](N(C)C)C4)cc3)cnc2c1. The zero-order valence-electron chi connectivity index (χ0n) is 18.0. The predicted molar refractivity (Wildman–Crippen MR) is 122 cm³/mol. The van der Waals surface area contributed by atoms with Crippen LogP contribution in [-0.4, -0.2) is 54.3 Å². The lowest BCUT2D eigenvalue weighted by Crippen LogP contribution is -2.31. The van der Waals surface area contributed by atoms with Gasteiger partial charge in [-0.25, -0.2) is 4.98 Å². The van der Waals surface area contributed by atoms with Gasteiger partial charge in [0.2, 0.25) is 0 Å². The number of likely N-dealkylation sites (N-methyl/N-ethyl adjacent to an activating group) is 1. The summed E-state index contributed by atoms with van der Waals surface area (Å²) in [5.41, 5.74) is 2.61. The molecule has 1 saturated heterocycles. The second-order valence-corrected chi connectivity index (χ2v) is 8.17. The van der Waals surface area contributed by atoms with E-state index < -0.39 is 0 Å². The highest BCUT2D eigenvalue weighted by Crippen LogP contribution is 2.24. The third kappa shape index (κ3) is 4.19. The van der Waals surface area contributed by atoms with Gasteiger partial charge in [-0.1, -0.05) is 13.3 Å². The Balaban J connectivity index is 1.55. The minimum atomic E-state index is -0.0679. The van der Waals surface area contributed by atoms with Gasteiger partial charge in [0.1, 0.15) is 12.1 Å². The number of aromatic nitrogens is 2. The van der Waals surface area contributed by atoms with Crippen molar-refractivity contribution in [2.75, 3.05) is 38.7 Å². The molecule has 1 aliphatic rings. The Morgan fingerprint density at radius 2 is 1.90 bits per heavy atom. The Bertz CT molecular complexity index is 1060. The molecular formula is C24H30N4O2. The zero-order valence-corrected chi connectivity index (χ0v) is 18.0. The molecule has 30 heavy (non-hydrogen) atoms.